The summed E-state index contributed by atoms with van der Waals surface area (Å²) >= 11 is 0. The molecule has 0 aliphatic heterocycles. The van der Waals surface area contributed by atoms with Gasteiger partial charge in [0.25, 0.3) is 0 Å². The van der Waals surface area contributed by atoms with E-state index in [0.717, 1.165) is 22.4 Å². The first kappa shape index (κ1) is 11.5. The van der Waals surface area contributed by atoms with Gasteiger partial charge >= 0.3 is 0 Å². The summed E-state index contributed by atoms with van der Waals surface area (Å²) in [5.41, 5.74) is 8.92. The Hall–Kier alpha value is -2.56. The van der Waals surface area contributed by atoms with Crippen molar-refractivity contribution in [3.8, 4) is 16.9 Å². The first-order valence-electron chi connectivity index (χ1n) is 5.92. The number of aromatic nitrogens is 3. The third-order valence-electron chi connectivity index (χ3n) is 3.06. The van der Waals surface area contributed by atoms with Crippen LogP contribution in [0, 0.1) is 6.92 Å². The van der Waals surface area contributed by atoms with Crippen molar-refractivity contribution in [2.24, 2.45) is 0 Å². The van der Waals surface area contributed by atoms with Crippen molar-refractivity contribution in [1.82, 2.24) is 14.4 Å². The molecule has 0 bridgehead atoms. The zero-order chi connectivity index (χ0) is 13.4. The lowest BCUT2D eigenvalue weighted by molar-refractivity contribution is 0.416. The van der Waals surface area contributed by atoms with Crippen LogP contribution in [-0.4, -0.2) is 21.5 Å². The summed E-state index contributed by atoms with van der Waals surface area (Å²) < 4.78 is 7.18. The Morgan fingerprint density at radius 1 is 1.21 bits per heavy atom. The molecule has 0 fully saturated rings. The fourth-order valence-electron chi connectivity index (χ4n) is 2.07. The van der Waals surface area contributed by atoms with Gasteiger partial charge in [0.1, 0.15) is 11.6 Å². The normalized spacial score (nSPS) is 10.8. The number of ether oxygens (including phenoxy) is 1. The highest BCUT2D eigenvalue weighted by molar-refractivity contribution is 5.70. The molecule has 2 aromatic heterocycles. The van der Waals surface area contributed by atoms with E-state index >= 15 is 0 Å². The summed E-state index contributed by atoms with van der Waals surface area (Å²) in [4.78, 5) is 8.40. The van der Waals surface area contributed by atoms with Crippen LogP contribution in [0.2, 0.25) is 0 Å². The van der Waals surface area contributed by atoms with Gasteiger partial charge in [-0.1, -0.05) is 12.1 Å². The van der Waals surface area contributed by atoms with Crippen LogP contribution < -0.4 is 10.5 Å². The molecule has 5 heteroatoms. The number of methoxy groups -OCH3 is 1. The molecular weight excluding hydrogens is 240 g/mol. The lowest BCUT2D eigenvalue weighted by Crippen LogP contribution is -1.96. The first-order chi connectivity index (χ1) is 9.19. The highest BCUT2D eigenvalue weighted by Gasteiger charge is 2.09. The second kappa shape index (κ2) is 4.28. The minimum absolute atomic E-state index is 0.565. The van der Waals surface area contributed by atoms with Crippen LogP contribution in [0.5, 0.6) is 5.75 Å². The lowest BCUT2D eigenvalue weighted by Gasteiger charge is -2.09. The average Bonchev–Trinajstić information content (AvgIpc) is 2.80. The van der Waals surface area contributed by atoms with Crippen molar-refractivity contribution < 1.29 is 4.74 Å². The third-order valence-corrected chi connectivity index (χ3v) is 3.06. The predicted molar refractivity (Wildman–Crippen MR) is 74.1 cm³/mol. The van der Waals surface area contributed by atoms with E-state index in [9.17, 15) is 0 Å². The lowest BCUT2D eigenvalue weighted by atomic mass is 10.1. The summed E-state index contributed by atoms with van der Waals surface area (Å²) in [6.45, 7) is 2.03. The number of benzene rings is 1. The third kappa shape index (κ3) is 1.89. The summed E-state index contributed by atoms with van der Waals surface area (Å²) in [6.07, 6.45) is 5.28. The molecule has 0 saturated carbocycles. The minimum atomic E-state index is 0.565. The smallest absolute Gasteiger partial charge is 0.235 e. The van der Waals surface area contributed by atoms with E-state index < -0.39 is 0 Å². The van der Waals surface area contributed by atoms with Gasteiger partial charge in [0.05, 0.1) is 13.3 Å². The monoisotopic (exact) mass is 254 g/mol. The number of anilines is 1. The standard InChI is InChI=1S/C14H14N4O/c1-9-3-4-11(12(5-9)19-2)10-6-16-14-17-7-13(15)18(14)8-10/h3-8H,15H2,1-2H3. The van der Waals surface area contributed by atoms with Gasteiger partial charge in [-0.25, -0.2) is 9.97 Å². The Morgan fingerprint density at radius 2 is 2.00 bits per heavy atom. The Balaban J connectivity index is 2.21. The molecule has 0 amide bonds. The Bertz CT molecular complexity index is 748. The maximum absolute atomic E-state index is 5.85. The Kier molecular flexibility index (Phi) is 2.59. The molecule has 3 aromatic rings. The molecule has 0 unspecified atom stereocenters. The van der Waals surface area contributed by atoms with Gasteiger partial charge in [0.15, 0.2) is 0 Å². The SMILES string of the molecule is COc1cc(C)ccc1-c1cnc2ncc(N)n2c1. The van der Waals surface area contributed by atoms with E-state index in [2.05, 4.69) is 9.97 Å². The van der Waals surface area contributed by atoms with Crippen molar-refractivity contribution in [2.45, 2.75) is 6.92 Å². The summed E-state index contributed by atoms with van der Waals surface area (Å²) in [5, 5.41) is 0. The zero-order valence-corrected chi connectivity index (χ0v) is 10.8. The minimum Gasteiger partial charge on any atom is -0.496 e. The van der Waals surface area contributed by atoms with Gasteiger partial charge in [-0.2, -0.15) is 0 Å². The fraction of sp³-hybridized carbons (Fsp3) is 0.143. The van der Waals surface area contributed by atoms with Crippen LogP contribution in [0.3, 0.4) is 0 Å². The molecule has 0 saturated heterocycles. The molecule has 2 N–H and O–H groups in total. The van der Waals surface area contributed by atoms with E-state index in [1.807, 2.05) is 31.3 Å². The fourth-order valence-corrected chi connectivity index (χ4v) is 2.07. The molecule has 5 nitrogen and oxygen atoms in total. The highest BCUT2D eigenvalue weighted by Crippen LogP contribution is 2.30. The molecule has 1 aromatic carbocycles. The van der Waals surface area contributed by atoms with Gasteiger partial charge in [-0.3, -0.25) is 4.40 Å². The van der Waals surface area contributed by atoms with Gasteiger partial charge in [-0.15, -0.1) is 0 Å². The molecule has 0 radical (unpaired) electrons. The molecule has 96 valence electrons. The second-order valence-electron chi connectivity index (χ2n) is 4.40. The van der Waals surface area contributed by atoms with Crippen molar-refractivity contribution in [3.63, 3.8) is 0 Å². The maximum atomic E-state index is 5.85. The van der Waals surface area contributed by atoms with E-state index in [1.165, 1.54) is 0 Å². The Labute approximate surface area is 110 Å². The van der Waals surface area contributed by atoms with E-state index in [4.69, 9.17) is 10.5 Å². The number of nitrogen functional groups attached to an aromatic ring is 1. The number of rotatable bonds is 2. The van der Waals surface area contributed by atoms with Crippen molar-refractivity contribution in [2.75, 3.05) is 12.8 Å². The molecule has 0 spiro atoms. The van der Waals surface area contributed by atoms with Crippen LogP contribution in [-0.2, 0) is 0 Å². The van der Waals surface area contributed by atoms with Crippen LogP contribution in [0.25, 0.3) is 16.9 Å². The average molecular weight is 254 g/mol. The number of imidazole rings is 1. The van der Waals surface area contributed by atoms with Gasteiger partial charge in [0, 0.05) is 23.5 Å². The van der Waals surface area contributed by atoms with E-state index in [0.29, 0.717) is 11.6 Å². The quantitative estimate of drug-likeness (QED) is 0.762. The number of nitrogens with two attached hydrogens (primary N) is 1. The molecule has 0 atom stereocenters. The van der Waals surface area contributed by atoms with Crippen molar-refractivity contribution >= 4 is 11.6 Å². The topological polar surface area (TPSA) is 65.4 Å². The summed E-state index contributed by atoms with van der Waals surface area (Å²) in [7, 11) is 1.66. The number of aryl methyl sites for hydroxylation is 1. The van der Waals surface area contributed by atoms with Gasteiger partial charge < -0.3 is 10.5 Å². The number of hydrogen-bond donors (Lipinski definition) is 1. The van der Waals surface area contributed by atoms with E-state index in [1.54, 1.807) is 23.9 Å². The summed E-state index contributed by atoms with van der Waals surface area (Å²) in [6, 6.07) is 6.06. The largest absolute Gasteiger partial charge is 0.496 e. The molecule has 0 aliphatic carbocycles. The number of fused-ring (bicyclic) bond motifs is 1. The molecule has 3 rings (SSSR count). The molecular formula is C14H14N4O. The van der Waals surface area contributed by atoms with Crippen LogP contribution in [0.1, 0.15) is 5.56 Å². The molecule has 2 heterocycles. The second-order valence-corrected chi connectivity index (χ2v) is 4.40. The highest BCUT2D eigenvalue weighted by atomic mass is 16.5. The van der Waals surface area contributed by atoms with Crippen LogP contribution in [0.15, 0.2) is 36.8 Å². The van der Waals surface area contributed by atoms with Crippen LogP contribution >= 0.6 is 0 Å². The Morgan fingerprint density at radius 3 is 2.79 bits per heavy atom. The van der Waals surface area contributed by atoms with E-state index in [-0.39, 0.29) is 0 Å². The maximum Gasteiger partial charge on any atom is 0.235 e. The predicted octanol–water partition coefficient (Wildman–Crippen LogP) is 2.30. The van der Waals surface area contributed by atoms with Gasteiger partial charge in [0.2, 0.25) is 5.78 Å². The van der Waals surface area contributed by atoms with Crippen molar-refractivity contribution in [3.05, 3.63) is 42.4 Å². The first-order valence-corrected chi connectivity index (χ1v) is 5.92. The van der Waals surface area contributed by atoms with Gasteiger partial charge in [-0.05, 0) is 18.6 Å². The summed E-state index contributed by atoms with van der Waals surface area (Å²) in [5.74, 6) is 1.97. The number of nitrogens with zero attached hydrogens (tertiary/aromatic N) is 3. The van der Waals surface area contributed by atoms with Crippen molar-refractivity contribution in [1.29, 1.82) is 0 Å². The zero-order valence-electron chi connectivity index (χ0n) is 10.8. The molecule has 0 aliphatic rings. The number of hydrogen-bond acceptors (Lipinski definition) is 4. The van der Waals surface area contributed by atoms with Crippen LogP contribution in [0.4, 0.5) is 5.82 Å². The molecule has 19 heavy (non-hydrogen) atoms.